The van der Waals surface area contributed by atoms with Gasteiger partial charge in [0.1, 0.15) is 5.82 Å². The van der Waals surface area contributed by atoms with Gasteiger partial charge in [-0.15, -0.1) is 0 Å². The number of guanidine groups is 1. The van der Waals surface area contributed by atoms with Crippen LogP contribution in [0.15, 0.2) is 23.2 Å². The minimum Gasteiger partial charge on any atom is -0.379 e. The molecule has 2 saturated heterocycles. The lowest BCUT2D eigenvalue weighted by atomic mass is 10.1. The SMILES string of the molecule is CN=C(NC1CC1c1c(F)cccc1Cl)N1CCC(N2CCOCC2)C1. The number of rotatable bonds is 3. The summed E-state index contributed by atoms with van der Waals surface area (Å²) < 4.78 is 19.6. The summed E-state index contributed by atoms with van der Waals surface area (Å²) in [4.78, 5) is 9.31. The van der Waals surface area contributed by atoms with Crippen LogP contribution in [0.25, 0.3) is 0 Å². The molecule has 3 unspecified atom stereocenters. The molecule has 0 radical (unpaired) electrons. The topological polar surface area (TPSA) is 40.1 Å². The highest BCUT2D eigenvalue weighted by molar-refractivity contribution is 6.31. The summed E-state index contributed by atoms with van der Waals surface area (Å²) in [7, 11) is 1.82. The molecule has 0 amide bonds. The Labute approximate surface area is 159 Å². The summed E-state index contributed by atoms with van der Waals surface area (Å²) in [6.07, 6.45) is 2.04. The van der Waals surface area contributed by atoms with Gasteiger partial charge in [-0.1, -0.05) is 17.7 Å². The molecule has 0 spiro atoms. The number of likely N-dealkylation sites (tertiary alicyclic amines) is 1. The van der Waals surface area contributed by atoms with E-state index in [1.807, 2.05) is 7.05 Å². The second kappa shape index (κ2) is 7.71. The summed E-state index contributed by atoms with van der Waals surface area (Å²) in [6.45, 7) is 5.67. The monoisotopic (exact) mass is 380 g/mol. The second-order valence-electron chi connectivity index (χ2n) is 7.31. The Balaban J connectivity index is 1.35. The van der Waals surface area contributed by atoms with E-state index in [0.717, 1.165) is 58.2 Å². The van der Waals surface area contributed by atoms with Gasteiger partial charge in [0, 0.05) is 61.8 Å². The van der Waals surface area contributed by atoms with Crippen molar-refractivity contribution < 1.29 is 9.13 Å². The van der Waals surface area contributed by atoms with Gasteiger partial charge >= 0.3 is 0 Å². The minimum atomic E-state index is -0.213. The highest BCUT2D eigenvalue weighted by Gasteiger charge is 2.43. The van der Waals surface area contributed by atoms with Crippen LogP contribution in [0.2, 0.25) is 5.02 Å². The number of ether oxygens (including phenoxy) is 1. The van der Waals surface area contributed by atoms with Crippen LogP contribution in [0.3, 0.4) is 0 Å². The van der Waals surface area contributed by atoms with Gasteiger partial charge in [0.25, 0.3) is 0 Å². The molecule has 1 aliphatic carbocycles. The minimum absolute atomic E-state index is 0.123. The van der Waals surface area contributed by atoms with Crippen LogP contribution in [0, 0.1) is 5.82 Å². The molecule has 4 rings (SSSR count). The third-order valence-corrected chi connectivity index (χ3v) is 6.04. The zero-order valence-electron chi connectivity index (χ0n) is 15.1. The molecule has 1 aromatic rings. The van der Waals surface area contributed by atoms with E-state index in [2.05, 4.69) is 20.1 Å². The highest BCUT2D eigenvalue weighted by Crippen LogP contribution is 2.45. The number of nitrogens with one attached hydrogen (secondary N) is 1. The third kappa shape index (κ3) is 3.68. The van der Waals surface area contributed by atoms with Crippen LogP contribution in [0.4, 0.5) is 4.39 Å². The second-order valence-corrected chi connectivity index (χ2v) is 7.72. The van der Waals surface area contributed by atoms with Gasteiger partial charge in [-0.25, -0.2) is 4.39 Å². The lowest BCUT2D eigenvalue weighted by Crippen LogP contribution is -2.47. The van der Waals surface area contributed by atoms with Crippen LogP contribution in [-0.4, -0.2) is 74.3 Å². The molecular formula is C19H26ClFN4O. The first-order valence-electron chi connectivity index (χ1n) is 9.41. The quantitative estimate of drug-likeness (QED) is 0.645. The normalized spacial score (nSPS) is 29.9. The number of halogens is 2. The van der Waals surface area contributed by atoms with Gasteiger partial charge in [0.2, 0.25) is 0 Å². The maximum Gasteiger partial charge on any atom is 0.193 e. The number of hydrogen-bond donors (Lipinski definition) is 1. The van der Waals surface area contributed by atoms with E-state index in [-0.39, 0.29) is 17.8 Å². The third-order valence-electron chi connectivity index (χ3n) is 5.71. The van der Waals surface area contributed by atoms with Crippen molar-refractivity contribution in [2.75, 3.05) is 46.4 Å². The van der Waals surface area contributed by atoms with Gasteiger partial charge in [-0.3, -0.25) is 9.89 Å². The van der Waals surface area contributed by atoms with Crippen molar-refractivity contribution in [3.8, 4) is 0 Å². The van der Waals surface area contributed by atoms with Gasteiger partial charge in [0.05, 0.1) is 13.2 Å². The first kappa shape index (κ1) is 18.0. The number of hydrogen-bond acceptors (Lipinski definition) is 3. The van der Waals surface area contributed by atoms with Crippen LogP contribution in [0.1, 0.15) is 24.3 Å². The van der Waals surface area contributed by atoms with E-state index in [1.165, 1.54) is 6.07 Å². The fraction of sp³-hybridized carbons (Fsp3) is 0.632. The van der Waals surface area contributed by atoms with E-state index < -0.39 is 0 Å². The summed E-state index contributed by atoms with van der Waals surface area (Å²) in [5.74, 6) is 0.828. The Morgan fingerprint density at radius 3 is 2.85 bits per heavy atom. The highest BCUT2D eigenvalue weighted by atomic mass is 35.5. The van der Waals surface area contributed by atoms with E-state index in [0.29, 0.717) is 16.6 Å². The molecule has 3 atom stereocenters. The molecule has 3 aliphatic rings. The first-order valence-corrected chi connectivity index (χ1v) is 9.79. The molecule has 0 aromatic heterocycles. The van der Waals surface area contributed by atoms with E-state index in [4.69, 9.17) is 16.3 Å². The van der Waals surface area contributed by atoms with Crippen molar-refractivity contribution in [2.45, 2.75) is 30.8 Å². The Kier molecular flexibility index (Phi) is 5.34. The Bertz CT molecular complexity index is 659. The number of benzene rings is 1. The summed E-state index contributed by atoms with van der Waals surface area (Å²) in [5, 5.41) is 4.03. The molecule has 7 heteroatoms. The van der Waals surface area contributed by atoms with Crippen LogP contribution in [0.5, 0.6) is 0 Å². The molecule has 142 valence electrons. The van der Waals surface area contributed by atoms with Crippen molar-refractivity contribution in [3.63, 3.8) is 0 Å². The first-order chi connectivity index (χ1) is 12.7. The average molecular weight is 381 g/mol. The zero-order chi connectivity index (χ0) is 18.1. The molecule has 1 aromatic carbocycles. The molecule has 2 aliphatic heterocycles. The maximum atomic E-state index is 14.1. The number of nitrogens with zero attached hydrogens (tertiary/aromatic N) is 3. The largest absolute Gasteiger partial charge is 0.379 e. The van der Waals surface area contributed by atoms with E-state index in [1.54, 1.807) is 12.1 Å². The Morgan fingerprint density at radius 1 is 1.31 bits per heavy atom. The van der Waals surface area contributed by atoms with Crippen molar-refractivity contribution in [2.24, 2.45) is 4.99 Å². The summed E-state index contributed by atoms with van der Waals surface area (Å²) in [6, 6.07) is 5.66. The fourth-order valence-corrected chi connectivity index (χ4v) is 4.48. The zero-order valence-corrected chi connectivity index (χ0v) is 15.9. The van der Waals surface area contributed by atoms with Crippen LogP contribution < -0.4 is 5.32 Å². The van der Waals surface area contributed by atoms with Crippen molar-refractivity contribution in [3.05, 3.63) is 34.6 Å². The summed E-state index contributed by atoms with van der Waals surface area (Å²) in [5.41, 5.74) is 0.634. The van der Waals surface area contributed by atoms with Gasteiger partial charge in [-0.05, 0) is 25.0 Å². The molecule has 2 heterocycles. The lowest BCUT2D eigenvalue weighted by molar-refractivity contribution is 0.0195. The van der Waals surface area contributed by atoms with Crippen molar-refractivity contribution in [1.29, 1.82) is 0 Å². The van der Waals surface area contributed by atoms with Gasteiger partial charge < -0.3 is 15.0 Å². The smallest absolute Gasteiger partial charge is 0.193 e. The molecule has 0 bridgehead atoms. The Hall–Kier alpha value is -1.37. The molecule has 3 fully saturated rings. The predicted molar refractivity (Wildman–Crippen MR) is 101 cm³/mol. The fourth-order valence-electron chi connectivity index (χ4n) is 4.18. The van der Waals surface area contributed by atoms with E-state index >= 15 is 0 Å². The number of aliphatic imine (C=N–C) groups is 1. The summed E-state index contributed by atoms with van der Waals surface area (Å²) >= 11 is 6.21. The van der Waals surface area contributed by atoms with Gasteiger partial charge in [0.15, 0.2) is 5.96 Å². The van der Waals surface area contributed by atoms with Crippen molar-refractivity contribution in [1.82, 2.24) is 15.1 Å². The molecule has 1 saturated carbocycles. The Morgan fingerprint density at radius 2 is 2.12 bits per heavy atom. The molecule has 26 heavy (non-hydrogen) atoms. The maximum absolute atomic E-state index is 14.1. The van der Waals surface area contributed by atoms with Crippen LogP contribution in [-0.2, 0) is 4.74 Å². The van der Waals surface area contributed by atoms with Crippen molar-refractivity contribution >= 4 is 17.6 Å². The van der Waals surface area contributed by atoms with Gasteiger partial charge in [-0.2, -0.15) is 0 Å². The molecule has 5 nitrogen and oxygen atoms in total. The molecule has 1 N–H and O–H groups in total. The predicted octanol–water partition coefficient (Wildman–Crippen LogP) is 2.32. The standard InChI is InChI=1S/C19H26ClFN4O/c1-22-19(25-6-5-13(12-25)24-7-9-26-10-8-24)23-17-11-14(17)18-15(20)3-2-4-16(18)21/h2-4,13-14,17H,5-12H2,1H3,(H,22,23). The van der Waals surface area contributed by atoms with E-state index in [9.17, 15) is 4.39 Å². The number of morpholine rings is 1. The molecular weight excluding hydrogens is 355 g/mol. The van der Waals surface area contributed by atoms with Crippen LogP contribution >= 0.6 is 11.6 Å². The lowest BCUT2D eigenvalue weighted by Gasteiger charge is -2.32. The average Bonchev–Trinajstić information content (AvgIpc) is 3.22.